The molecule has 0 aliphatic rings. The molecule has 3 rings (SSSR count). The van der Waals surface area contributed by atoms with Crippen molar-refractivity contribution in [2.45, 2.75) is 17.9 Å². The van der Waals surface area contributed by atoms with Crippen LogP contribution in [0.4, 0.5) is 10.2 Å². The van der Waals surface area contributed by atoms with E-state index < -0.39 is 29.2 Å². The van der Waals surface area contributed by atoms with Crippen LogP contribution in [0.15, 0.2) is 59.8 Å². The van der Waals surface area contributed by atoms with Gasteiger partial charge in [0.1, 0.15) is 17.7 Å². The van der Waals surface area contributed by atoms with Gasteiger partial charge in [0.25, 0.3) is 0 Å². The first-order valence-electron chi connectivity index (χ1n) is 8.24. The molecule has 0 saturated heterocycles. The van der Waals surface area contributed by atoms with Crippen molar-refractivity contribution in [1.29, 1.82) is 0 Å². The Hall–Kier alpha value is -3.01. The highest BCUT2D eigenvalue weighted by Crippen LogP contribution is 2.31. The molecule has 1 heterocycles. The number of benzene rings is 2. The smallest absolute Gasteiger partial charge is 0.324 e. The maximum atomic E-state index is 14.7. The summed E-state index contributed by atoms with van der Waals surface area (Å²) in [5.41, 5.74) is 7.12. The topological polar surface area (TPSA) is 124 Å². The number of nitrogens with two attached hydrogens (primary N) is 1. The van der Waals surface area contributed by atoms with Crippen molar-refractivity contribution in [2.75, 3.05) is 5.73 Å². The second kappa shape index (κ2) is 8.34. The van der Waals surface area contributed by atoms with E-state index in [1.165, 1.54) is 25.4 Å². The van der Waals surface area contributed by atoms with Crippen LogP contribution in [0.1, 0.15) is 6.92 Å². The summed E-state index contributed by atoms with van der Waals surface area (Å²) in [7, 11) is 0. The SMILES string of the molecule is C[C@H](N[S+]([O-])c1ccccc1-c1ccc(-c2cnc(N)cn2)c(F)c1)C(=O)O. The lowest BCUT2D eigenvalue weighted by Gasteiger charge is -2.16. The second-order valence-electron chi connectivity index (χ2n) is 5.96. The minimum absolute atomic E-state index is 0.236. The van der Waals surface area contributed by atoms with Crippen molar-refractivity contribution in [3.05, 3.63) is 60.7 Å². The summed E-state index contributed by atoms with van der Waals surface area (Å²) in [6.45, 7) is 1.39. The van der Waals surface area contributed by atoms with Gasteiger partial charge < -0.3 is 15.4 Å². The maximum absolute atomic E-state index is 14.7. The summed E-state index contributed by atoms with van der Waals surface area (Å²) in [6.07, 6.45) is 2.73. The minimum Gasteiger partial charge on any atom is -0.593 e. The second-order valence-corrected chi connectivity index (χ2v) is 7.18. The predicted molar refractivity (Wildman–Crippen MR) is 104 cm³/mol. The standard InChI is InChI=1S/C19H17FN4O3S/c1-11(19(25)26)24-28(27)17-5-3-2-4-13(17)12-6-7-14(15(20)8-12)16-9-23-18(21)10-22-16/h2-11,24H,1H3,(H2,21,23)(H,25,26)/t11-,28?/m0/s1. The van der Waals surface area contributed by atoms with Crippen LogP contribution in [0.2, 0.25) is 0 Å². The highest BCUT2D eigenvalue weighted by Gasteiger charge is 2.23. The van der Waals surface area contributed by atoms with Gasteiger partial charge in [0.15, 0.2) is 4.90 Å². The lowest BCUT2D eigenvalue weighted by atomic mass is 10.0. The van der Waals surface area contributed by atoms with E-state index in [2.05, 4.69) is 14.7 Å². The molecule has 3 aromatic rings. The molecular weight excluding hydrogens is 383 g/mol. The van der Waals surface area contributed by atoms with Gasteiger partial charge >= 0.3 is 5.97 Å². The predicted octanol–water partition coefficient (Wildman–Crippen LogP) is 2.62. The minimum atomic E-state index is -1.79. The van der Waals surface area contributed by atoms with Crippen molar-refractivity contribution in [1.82, 2.24) is 14.7 Å². The summed E-state index contributed by atoms with van der Waals surface area (Å²) in [5, 5.41) is 8.99. The zero-order valence-corrected chi connectivity index (χ0v) is 15.6. The fourth-order valence-corrected chi connectivity index (χ4v) is 3.65. The van der Waals surface area contributed by atoms with Gasteiger partial charge in [-0.3, -0.25) is 9.78 Å². The fraction of sp³-hybridized carbons (Fsp3) is 0.105. The molecular formula is C19H17FN4O3S. The van der Waals surface area contributed by atoms with Gasteiger partial charge in [0.05, 0.1) is 29.4 Å². The Morgan fingerprint density at radius 3 is 2.61 bits per heavy atom. The van der Waals surface area contributed by atoms with Gasteiger partial charge in [-0.2, -0.15) is 0 Å². The van der Waals surface area contributed by atoms with E-state index in [9.17, 15) is 13.7 Å². The van der Waals surface area contributed by atoms with Gasteiger partial charge in [-0.25, -0.2) is 9.37 Å². The van der Waals surface area contributed by atoms with Gasteiger partial charge in [0.2, 0.25) is 0 Å². The van der Waals surface area contributed by atoms with Gasteiger partial charge in [-0.05, 0) is 36.8 Å². The number of carboxylic acids is 1. The number of nitrogen functional groups attached to an aromatic ring is 1. The molecule has 4 N–H and O–H groups in total. The van der Waals surface area contributed by atoms with Crippen LogP contribution < -0.4 is 10.5 Å². The first-order chi connectivity index (χ1) is 13.4. The highest BCUT2D eigenvalue weighted by molar-refractivity contribution is 7.89. The summed E-state index contributed by atoms with van der Waals surface area (Å²) in [5.74, 6) is -1.41. The van der Waals surface area contributed by atoms with Crippen molar-refractivity contribution >= 4 is 23.1 Å². The van der Waals surface area contributed by atoms with Crippen LogP contribution in [-0.2, 0) is 16.2 Å². The van der Waals surface area contributed by atoms with E-state index in [1.54, 1.807) is 36.4 Å². The maximum Gasteiger partial charge on any atom is 0.324 e. The van der Waals surface area contributed by atoms with E-state index in [4.69, 9.17) is 10.8 Å². The van der Waals surface area contributed by atoms with Crippen LogP contribution in [0, 0.1) is 5.82 Å². The third-order valence-electron chi connectivity index (χ3n) is 3.97. The number of nitrogens with one attached hydrogen (secondary N) is 1. The quantitative estimate of drug-likeness (QED) is 0.543. The Morgan fingerprint density at radius 1 is 1.21 bits per heavy atom. The Morgan fingerprint density at radius 2 is 1.96 bits per heavy atom. The van der Waals surface area contributed by atoms with Gasteiger partial charge in [0, 0.05) is 11.1 Å². The largest absolute Gasteiger partial charge is 0.593 e. The molecule has 0 saturated carbocycles. The van der Waals surface area contributed by atoms with Crippen LogP contribution in [0.3, 0.4) is 0 Å². The summed E-state index contributed by atoms with van der Waals surface area (Å²) in [4.78, 5) is 19.3. The lowest BCUT2D eigenvalue weighted by molar-refractivity contribution is -0.138. The molecule has 0 aliphatic heterocycles. The highest BCUT2D eigenvalue weighted by atomic mass is 32.2. The Bertz CT molecular complexity index is 1000. The van der Waals surface area contributed by atoms with Crippen molar-refractivity contribution in [3.63, 3.8) is 0 Å². The van der Waals surface area contributed by atoms with E-state index in [1.807, 2.05) is 0 Å². The molecule has 2 aromatic carbocycles. The Balaban J connectivity index is 1.95. The molecule has 144 valence electrons. The number of halogens is 1. The van der Waals surface area contributed by atoms with Crippen LogP contribution >= 0.6 is 0 Å². The lowest BCUT2D eigenvalue weighted by Crippen LogP contribution is -2.38. The van der Waals surface area contributed by atoms with Crippen molar-refractivity contribution in [2.24, 2.45) is 0 Å². The third-order valence-corrected chi connectivity index (χ3v) is 5.29. The van der Waals surface area contributed by atoms with E-state index in [-0.39, 0.29) is 11.4 Å². The van der Waals surface area contributed by atoms with Gasteiger partial charge in [-0.15, -0.1) is 4.72 Å². The molecule has 1 unspecified atom stereocenters. The number of hydrogen-bond acceptors (Lipinski definition) is 6. The summed E-state index contributed by atoms with van der Waals surface area (Å²) in [6, 6.07) is 10.2. The Labute approximate surface area is 163 Å². The normalized spacial score (nSPS) is 13.1. The molecule has 7 nitrogen and oxygen atoms in total. The molecule has 0 fully saturated rings. The summed E-state index contributed by atoms with van der Waals surface area (Å²) < 4.78 is 29.8. The van der Waals surface area contributed by atoms with E-state index in [0.717, 1.165) is 0 Å². The molecule has 0 aliphatic carbocycles. The number of carboxylic acid groups (broad SMARTS) is 1. The Kier molecular flexibility index (Phi) is 5.88. The average Bonchev–Trinajstić information content (AvgIpc) is 2.68. The molecule has 0 bridgehead atoms. The van der Waals surface area contributed by atoms with Crippen LogP contribution in [0.5, 0.6) is 0 Å². The average molecular weight is 400 g/mol. The van der Waals surface area contributed by atoms with E-state index in [0.29, 0.717) is 21.7 Å². The molecule has 1 aromatic heterocycles. The van der Waals surface area contributed by atoms with Crippen molar-refractivity contribution < 1.29 is 18.8 Å². The van der Waals surface area contributed by atoms with E-state index >= 15 is 0 Å². The van der Waals surface area contributed by atoms with Crippen LogP contribution in [0.25, 0.3) is 22.4 Å². The molecule has 0 amide bonds. The first-order valence-corrected chi connectivity index (χ1v) is 9.39. The molecule has 9 heteroatoms. The number of anilines is 1. The molecule has 0 radical (unpaired) electrons. The third kappa shape index (κ3) is 4.28. The number of aromatic nitrogens is 2. The number of hydrogen-bond donors (Lipinski definition) is 3. The number of rotatable bonds is 6. The monoisotopic (exact) mass is 400 g/mol. The van der Waals surface area contributed by atoms with Crippen LogP contribution in [-0.4, -0.2) is 31.6 Å². The number of aliphatic carboxylic acids is 1. The zero-order valence-electron chi connectivity index (χ0n) is 14.8. The molecule has 0 spiro atoms. The zero-order chi connectivity index (χ0) is 20.3. The molecule has 2 atom stereocenters. The fourth-order valence-electron chi connectivity index (χ4n) is 2.51. The molecule has 28 heavy (non-hydrogen) atoms. The number of nitrogens with zero attached hydrogens (tertiary/aromatic N) is 2. The first kappa shape index (κ1) is 19.7. The van der Waals surface area contributed by atoms with Gasteiger partial charge in [-0.1, -0.05) is 18.2 Å². The summed E-state index contributed by atoms with van der Waals surface area (Å²) >= 11 is -1.79. The van der Waals surface area contributed by atoms with Crippen molar-refractivity contribution in [3.8, 4) is 22.4 Å². The number of carbonyl (C=O) groups is 1.